The fourth-order valence-corrected chi connectivity index (χ4v) is 2.27. The molecule has 0 radical (unpaired) electrons. The third-order valence-corrected chi connectivity index (χ3v) is 3.21. The van der Waals surface area contributed by atoms with Crippen LogP contribution in [0.3, 0.4) is 0 Å². The molecule has 0 amide bonds. The second-order valence-corrected chi connectivity index (χ2v) is 4.63. The molecule has 0 N–H and O–H groups in total. The van der Waals surface area contributed by atoms with Crippen LogP contribution in [0.5, 0.6) is 5.88 Å². The van der Waals surface area contributed by atoms with Gasteiger partial charge in [0.25, 0.3) is 0 Å². The zero-order valence-electron chi connectivity index (χ0n) is 9.97. The molecule has 1 aromatic heterocycles. The van der Waals surface area contributed by atoms with Gasteiger partial charge in [-0.2, -0.15) is 0 Å². The number of para-hydroxylation sites is 1. The summed E-state index contributed by atoms with van der Waals surface area (Å²) in [6.45, 7) is 2.10. The SMILES string of the molecule is CN1CC[C@@H](Oc2ccc3ccccc3n2)C1. The summed E-state index contributed by atoms with van der Waals surface area (Å²) >= 11 is 0. The van der Waals surface area contributed by atoms with E-state index in [1.807, 2.05) is 24.3 Å². The normalized spacial score (nSPS) is 20.9. The second kappa shape index (κ2) is 4.34. The number of rotatable bonds is 2. The maximum absolute atomic E-state index is 5.90. The minimum atomic E-state index is 0.286. The molecule has 0 unspecified atom stereocenters. The van der Waals surface area contributed by atoms with E-state index in [1.54, 1.807) is 0 Å². The monoisotopic (exact) mass is 228 g/mol. The van der Waals surface area contributed by atoms with E-state index in [0.717, 1.165) is 36.3 Å². The Labute approximate surface area is 101 Å². The molecule has 3 rings (SSSR count). The summed E-state index contributed by atoms with van der Waals surface area (Å²) in [5, 5.41) is 1.16. The van der Waals surface area contributed by atoms with Crippen molar-refractivity contribution in [3.8, 4) is 5.88 Å². The van der Waals surface area contributed by atoms with Crippen LogP contribution in [-0.2, 0) is 0 Å². The van der Waals surface area contributed by atoms with Crippen molar-refractivity contribution in [3.05, 3.63) is 36.4 Å². The van der Waals surface area contributed by atoms with Crippen molar-refractivity contribution in [3.63, 3.8) is 0 Å². The zero-order chi connectivity index (χ0) is 11.7. The molecule has 1 fully saturated rings. The highest BCUT2D eigenvalue weighted by Gasteiger charge is 2.21. The number of likely N-dealkylation sites (N-methyl/N-ethyl adjacent to an activating group) is 1. The average molecular weight is 228 g/mol. The highest BCUT2D eigenvalue weighted by atomic mass is 16.5. The van der Waals surface area contributed by atoms with E-state index in [1.165, 1.54) is 0 Å². The lowest BCUT2D eigenvalue weighted by molar-refractivity contribution is 0.201. The molecule has 17 heavy (non-hydrogen) atoms. The molecule has 1 aliphatic rings. The van der Waals surface area contributed by atoms with Crippen molar-refractivity contribution in [2.24, 2.45) is 0 Å². The fraction of sp³-hybridized carbons (Fsp3) is 0.357. The molecule has 2 aromatic rings. The Bertz CT molecular complexity index is 526. The van der Waals surface area contributed by atoms with Crippen molar-refractivity contribution in [2.45, 2.75) is 12.5 Å². The van der Waals surface area contributed by atoms with Gasteiger partial charge in [-0.25, -0.2) is 4.98 Å². The van der Waals surface area contributed by atoms with Gasteiger partial charge in [0.2, 0.25) is 5.88 Å². The van der Waals surface area contributed by atoms with Gasteiger partial charge in [-0.15, -0.1) is 0 Å². The summed E-state index contributed by atoms with van der Waals surface area (Å²) < 4.78 is 5.90. The highest BCUT2D eigenvalue weighted by molar-refractivity contribution is 5.78. The second-order valence-electron chi connectivity index (χ2n) is 4.63. The molecule has 1 aromatic carbocycles. The van der Waals surface area contributed by atoms with Gasteiger partial charge in [-0.1, -0.05) is 18.2 Å². The first-order chi connectivity index (χ1) is 8.31. The molecule has 1 aliphatic heterocycles. The highest BCUT2D eigenvalue weighted by Crippen LogP contribution is 2.19. The molecular weight excluding hydrogens is 212 g/mol. The van der Waals surface area contributed by atoms with Gasteiger partial charge >= 0.3 is 0 Å². The Morgan fingerprint density at radius 3 is 2.94 bits per heavy atom. The minimum Gasteiger partial charge on any atom is -0.473 e. The van der Waals surface area contributed by atoms with E-state index < -0.39 is 0 Å². The maximum Gasteiger partial charge on any atom is 0.214 e. The van der Waals surface area contributed by atoms with Gasteiger partial charge in [0, 0.05) is 24.5 Å². The third-order valence-electron chi connectivity index (χ3n) is 3.21. The van der Waals surface area contributed by atoms with E-state index in [9.17, 15) is 0 Å². The lowest BCUT2D eigenvalue weighted by Crippen LogP contribution is -2.21. The summed E-state index contributed by atoms with van der Waals surface area (Å²) in [4.78, 5) is 6.81. The molecule has 0 saturated carbocycles. The first kappa shape index (κ1) is 10.5. The van der Waals surface area contributed by atoms with Crippen LogP contribution in [0.1, 0.15) is 6.42 Å². The lowest BCUT2D eigenvalue weighted by Gasteiger charge is -2.13. The fourth-order valence-electron chi connectivity index (χ4n) is 2.27. The number of nitrogens with zero attached hydrogens (tertiary/aromatic N) is 2. The molecule has 88 valence electrons. The van der Waals surface area contributed by atoms with Crippen LogP contribution in [-0.4, -0.2) is 36.1 Å². The predicted octanol–water partition coefficient (Wildman–Crippen LogP) is 2.32. The van der Waals surface area contributed by atoms with Gasteiger partial charge in [-0.05, 0) is 25.6 Å². The van der Waals surface area contributed by atoms with Gasteiger partial charge < -0.3 is 9.64 Å². The number of ether oxygens (including phenoxy) is 1. The third kappa shape index (κ3) is 2.24. The number of aromatic nitrogens is 1. The number of fused-ring (bicyclic) bond motifs is 1. The average Bonchev–Trinajstić information content (AvgIpc) is 2.75. The van der Waals surface area contributed by atoms with E-state index in [-0.39, 0.29) is 6.10 Å². The molecule has 1 saturated heterocycles. The van der Waals surface area contributed by atoms with Crippen molar-refractivity contribution in [1.29, 1.82) is 0 Å². The lowest BCUT2D eigenvalue weighted by atomic mass is 10.2. The Balaban J connectivity index is 1.81. The minimum absolute atomic E-state index is 0.286. The van der Waals surface area contributed by atoms with Gasteiger partial charge in [-0.3, -0.25) is 0 Å². The Hall–Kier alpha value is -1.61. The maximum atomic E-state index is 5.90. The summed E-state index contributed by atoms with van der Waals surface area (Å²) in [6, 6.07) is 12.1. The Kier molecular flexibility index (Phi) is 2.69. The van der Waals surface area contributed by atoms with Crippen molar-refractivity contribution < 1.29 is 4.74 Å². The molecule has 0 aliphatic carbocycles. The number of hydrogen-bond donors (Lipinski definition) is 0. The standard InChI is InChI=1S/C14H16N2O/c1-16-9-8-12(10-16)17-14-7-6-11-4-2-3-5-13(11)15-14/h2-7,12H,8-10H2,1H3/t12-/m1/s1. The smallest absolute Gasteiger partial charge is 0.214 e. The molecule has 3 heteroatoms. The van der Waals surface area contributed by atoms with E-state index in [2.05, 4.69) is 29.1 Å². The van der Waals surface area contributed by atoms with Gasteiger partial charge in [0.05, 0.1) is 5.52 Å². The Morgan fingerprint density at radius 2 is 2.12 bits per heavy atom. The molecule has 0 bridgehead atoms. The van der Waals surface area contributed by atoms with Gasteiger partial charge in [0.1, 0.15) is 6.10 Å². The van der Waals surface area contributed by atoms with E-state index in [4.69, 9.17) is 4.74 Å². The molecule has 3 nitrogen and oxygen atoms in total. The summed E-state index contributed by atoms with van der Waals surface area (Å²) in [5.41, 5.74) is 0.997. The number of pyridine rings is 1. The molecular formula is C14H16N2O. The Morgan fingerprint density at radius 1 is 1.24 bits per heavy atom. The van der Waals surface area contributed by atoms with E-state index >= 15 is 0 Å². The van der Waals surface area contributed by atoms with Crippen molar-refractivity contribution in [2.75, 3.05) is 20.1 Å². The van der Waals surface area contributed by atoms with Crippen LogP contribution in [0, 0.1) is 0 Å². The number of hydrogen-bond acceptors (Lipinski definition) is 3. The van der Waals surface area contributed by atoms with Crippen LogP contribution in [0.15, 0.2) is 36.4 Å². The summed E-state index contributed by atoms with van der Waals surface area (Å²) in [5.74, 6) is 0.740. The molecule has 1 atom stereocenters. The van der Waals surface area contributed by atoms with Crippen LogP contribution >= 0.6 is 0 Å². The van der Waals surface area contributed by atoms with Crippen LogP contribution in [0.4, 0.5) is 0 Å². The van der Waals surface area contributed by atoms with Crippen molar-refractivity contribution in [1.82, 2.24) is 9.88 Å². The number of benzene rings is 1. The van der Waals surface area contributed by atoms with Gasteiger partial charge in [0.15, 0.2) is 0 Å². The largest absolute Gasteiger partial charge is 0.473 e. The number of likely N-dealkylation sites (tertiary alicyclic amines) is 1. The topological polar surface area (TPSA) is 25.4 Å². The first-order valence-corrected chi connectivity index (χ1v) is 6.02. The summed E-state index contributed by atoms with van der Waals surface area (Å²) in [6.07, 6.45) is 1.37. The first-order valence-electron chi connectivity index (χ1n) is 6.02. The van der Waals surface area contributed by atoms with E-state index in [0.29, 0.717) is 0 Å². The molecule has 2 heterocycles. The zero-order valence-corrected chi connectivity index (χ0v) is 9.97. The summed E-state index contributed by atoms with van der Waals surface area (Å²) in [7, 11) is 2.12. The molecule has 0 spiro atoms. The predicted molar refractivity (Wildman–Crippen MR) is 68.3 cm³/mol. The van der Waals surface area contributed by atoms with Crippen LogP contribution < -0.4 is 4.74 Å². The van der Waals surface area contributed by atoms with Crippen LogP contribution in [0.25, 0.3) is 10.9 Å². The van der Waals surface area contributed by atoms with Crippen molar-refractivity contribution >= 4 is 10.9 Å². The quantitative estimate of drug-likeness (QED) is 0.788. The van der Waals surface area contributed by atoms with Crippen LogP contribution in [0.2, 0.25) is 0 Å².